The predicted molar refractivity (Wildman–Crippen MR) is 79.5 cm³/mol. The van der Waals surface area contributed by atoms with E-state index >= 15 is 0 Å². The predicted octanol–water partition coefficient (Wildman–Crippen LogP) is 1.52. The van der Waals surface area contributed by atoms with E-state index in [0.717, 1.165) is 24.6 Å². The van der Waals surface area contributed by atoms with Gasteiger partial charge in [0.2, 0.25) is 5.91 Å². The minimum atomic E-state index is -0.122. The van der Waals surface area contributed by atoms with Crippen LogP contribution in [0.4, 0.5) is 11.5 Å². The molecule has 2 heterocycles. The SMILES string of the molecule is NC1C=CC(C(=O)Nc2ccc(N3CCCC3)nc2)C1. The highest BCUT2D eigenvalue weighted by Gasteiger charge is 2.22. The number of hydrogen-bond acceptors (Lipinski definition) is 4. The van der Waals surface area contributed by atoms with Crippen LogP contribution in [0.15, 0.2) is 30.5 Å². The lowest BCUT2D eigenvalue weighted by Crippen LogP contribution is -2.24. The molecule has 0 spiro atoms. The summed E-state index contributed by atoms with van der Waals surface area (Å²) < 4.78 is 0. The highest BCUT2D eigenvalue weighted by molar-refractivity contribution is 5.94. The molecule has 5 nitrogen and oxygen atoms in total. The summed E-state index contributed by atoms with van der Waals surface area (Å²) in [6.07, 6.45) is 8.64. The summed E-state index contributed by atoms with van der Waals surface area (Å²) in [6, 6.07) is 3.88. The van der Waals surface area contributed by atoms with Crippen LogP contribution in [0.2, 0.25) is 0 Å². The third-order valence-corrected chi connectivity index (χ3v) is 3.90. The molecule has 3 rings (SSSR count). The van der Waals surface area contributed by atoms with Crippen molar-refractivity contribution in [2.75, 3.05) is 23.3 Å². The number of nitrogens with two attached hydrogens (primary N) is 1. The van der Waals surface area contributed by atoms with Crippen molar-refractivity contribution in [2.45, 2.75) is 25.3 Å². The lowest BCUT2D eigenvalue weighted by molar-refractivity contribution is -0.118. The molecule has 0 saturated carbocycles. The van der Waals surface area contributed by atoms with Gasteiger partial charge in [-0.05, 0) is 31.4 Å². The maximum Gasteiger partial charge on any atom is 0.231 e. The Morgan fingerprint density at radius 1 is 1.30 bits per heavy atom. The van der Waals surface area contributed by atoms with E-state index in [0.29, 0.717) is 6.42 Å². The molecule has 1 amide bonds. The fourth-order valence-electron chi connectivity index (χ4n) is 2.75. The maximum absolute atomic E-state index is 12.0. The number of hydrogen-bond donors (Lipinski definition) is 2. The minimum absolute atomic E-state index is 0.00131. The van der Waals surface area contributed by atoms with E-state index in [1.54, 1.807) is 6.20 Å². The summed E-state index contributed by atoms with van der Waals surface area (Å²) in [5, 5.41) is 2.90. The molecular formula is C15H20N4O. The number of carbonyl (C=O) groups is 1. The summed E-state index contributed by atoms with van der Waals surface area (Å²) in [4.78, 5) is 18.7. The third kappa shape index (κ3) is 2.82. The van der Waals surface area contributed by atoms with Crippen molar-refractivity contribution in [3.8, 4) is 0 Å². The van der Waals surface area contributed by atoms with Gasteiger partial charge in [-0.25, -0.2) is 4.98 Å². The van der Waals surface area contributed by atoms with Gasteiger partial charge in [0, 0.05) is 19.1 Å². The van der Waals surface area contributed by atoms with Crippen LogP contribution >= 0.6 is 0 Å². The molecule has 2 atom stereocenters. The van der Waals surface area contributed by atoms with Gasteiger partial charge in [-0.3, -0.25) is 4.79 Å². The van der Waals surface area contributed by atoms with Crippen molar-refractivity contribution in [2.24, 2.45) is 11.7 Å². The van der Waals surface area contributed by atoms with Crippen molar-refractivity contribution in [3.63, 3.8) is 0 Å². The van der Waals surface area contributed by atoms with Crippen molar-refractivity contribution in [1.29, 1.82) is 0 Å². The first-order chi connectivity index (χ1) is 9.72. The summed E-state index contributed by atoms with van der Waals surface area (Å²) >= 11 is 0. The highest BCUT2D eigenvalue weighted by atomic mass is 16.1. The van der Waals surface area contributed by atoms with Gasteiger partial charge < -0.3 is 16.0 Å². The normalized spacial score (nSPS) is 25.1. The second-order valence-electron chi connectivity index (χ2n) is 5.48. The van der Waals surface area contributed by atoms with E-state index in [1.807, 2.05) is 24.3 Å². The van der Waals surface area contributed by atoms with Gasteiger partial charge in [0.25, 0.3) is 0 Å². The average molecular weight is 272 g/mol. The molecule has 2 unspecified atom stereocenters. The van der Waals surface area contributed by atoms with Crippen LogP contribution < -0.4 is 16.0 Å². The smallest absolute Gasteiger partial charge is 0.231 e. The zero-order valence-electron chi connectivity index (χ0n) is 11.5. The van der Waals surface area contributed by atoms with Gasteiger partial charge in [0.1, 0.15) is 5.82 Å². The number of aromatic nitrogens is 1. The molecule has 3 N–H and O–H groups in total. The van der Waals surface area contributed by atoms with E-state index in [-0.39, 0.29) is 17.9 Å². The average Bonchev–Trinajstić information content (AvgIpc) is 3.10. The summed E-state index contributed by atoms with van der Waals surface area (Å²) in [7, 11) is 0. The van der Waals surface area contributed by atoms with Gasteiger partial charge in [-0.1, -0.05) is 12.2 Å². The van der Waals surface area contributed by atoms with Crippen LogP contribution in [0.1, 0.15) is 19.3 Å². The van der Waals surface area contributed by atoms with Gasteiger partial charge in [-0.15, -0.1) is 0 Å². The van der Waals surface area contributed by atoms with E-state index in [1.165, 1.54) is 12.8 Å². The van der Waals surface area contributed by atoms with Crippen LogP contribution in [-0.2, 0) is 4.79 Å². The van der Waals surface area contributed by atoms with E-state index in [9.17, 15) is 4.79 Å². The molecule has 1 fully saturated rings. The van der Waals surface area contributed by atoms with Crippen LogP contribution in [0.3, 0.4) is 0 Å². The highest BCUT2D eigenvalue weighted by Crippen LogP contribution is 2.21. The van der Waals surface area contributed by atoms with Gasteiger partial charge >= 0.3 is 0 Å². The Bertz CT molecular complexity index is 505. The number of nitrogens with one attached hydrogen (secondary N) is 1. The van der Waals surface area contributed by atoms with Crippen molar-refractivity contribution in [3.05, 3.63) is 30.5 Å². The number of carbonyl (C=O) groups excluding carboxylic acids is 1. The molecule has 5 heteroatoms. The Kier molecular flexibility index (Phi) is 3.69. The Morgan fingerprint density at radius 3 is 2.70 bits per heavy atom. The largest absolute Gasteiger partial charge is 0.357 e. The molecule has 1 aromatic rings. The summed E-state index contributed by atoms with van der Waals surface area (Å²) in [6.45, 7) is 2.15. The minimum Gasteiger partial charge on any atom is -0.357 e. The fourth-order valence-corrected chi connectivity index (χ4v) is 2.75. The number of rotatable bonds is 3. The molecule has 1 aliphatic carbocycles. The molecule has 1 saturated heterocycles. The van der Waals surface area contributed by atoms with Gasteiger partial charge in [0.15, 0.2) is 0 Å². The molecule has 1 aromatic heterocycles. The third-order valence-electron chi connectivity index (χ3n) is 3.90. The van der Waals surface area contributed by atoms with Crippen molar-refractivity contribution < 1.29 is 4.79 Å². The molecule has 106 valence electrons. The Morgan fingerprint density at radius 2 is 2.10 bits per heavy atom. The van der Waals surface area contributed by atoms with Crippen LogP contribution in [0.5, 0.6) is 0 Å². The molecule has 0 radical (unpaired) electrons. The van der Waals surface area contributed by atoms with Crippen molar-refractivity contribution >= 4 is 17.4 Å². The number of nitrogens with zero attached hydrogens (tertiary/aromatic N) is 2. The topological polar surface area (TPSA) is 71.2 Å². The van der Waals surface area contributed by atoms with Crippen LogP contribution in [0, 0.1) is 5.92 Å². The van der Waals surface area contributed by atoms with E-state index in [2.05, 4.69) is 15.2 Å². The quantitative estimate of drug-likeness (QED) is 0.818. The van der Waals surface area contributed by atoms with Crippen molar-refractivity contribution in [1.82, 2.24) is 4.98 Å². The van der Waals surface area contributed by atoms with Crippen LogP contribution in [-0.4, -0.2) is 30.0 Å². The summed E-state index contributed by atoms with van der Waals surface area (Å²) in [5.41, 5.74) is 6.50. The lowest BCUT2D eigenvalue weighted by atomic mass is 10.1. The molecule has 0 aromatic carbocycles. The molecule has 2 aliphatic rings. The van der Waals surface area contributed by atoms with Gasteiger partial charge in [-0.2, -0.15) is 0 Å². The monoisotopic (exact) mass is 272 g/mol. The number of amides is 1. The van der Waals surface area contributed by atoms with Crippen LogP contribution in [0.25, 0.3) is 0 Å². The molecule has 20 heavy (non-hydrogen) atoms. The second-order valence-corrected chi connectivity index (χ2v) is 5.48. The van der Waals surface area contributed by atoms with E-state index in [4.69, 9.17) is 5.73 Å². The van der Waals surface area contributed by atoms with E-state index < -0.39 is 0 Å². The first-order valence-electron chi connectivity index (χ1n) is 7.18. The lowest BCUT2D eigenvalue weighted by Gasteiger charge is -2.16. The van der Waals surface area contributed by atoms with Gasteiger partial charge in [0.05, 0.1) is 17.8 Å². The standard InChI is InChI=1S/C15H20N4O/c16-12-4-3-11(9-12)15(20)18-13-5-6-14(17-10-13)19-7-1-2-8-19/h3-6,10-12H,1-2,7-9,16H2,(H,18,20). The Labute approximate surface area is 118 Å². The zero-order valence-corrected chi connectivity index (χ0v) is 11.5. The molecule has 1 aliphatic heterocycles. The first kappa shape index (κ1) is 13.1. The maximum atomic E-state index is 12.0. The summed E-state index contributed by atoms with van der Waals surface area (Å²) in [5.74, 6) is 0.858. The zero-order chi connectivity index (χ0) is 13.9. The molecule has 0 bridgehead atoms. The second kappa shape index (κ2) is 5.63. The first-order valence-corrected chi connectivity index (χ1v) is 7.18. The fraction of sp³-hybridized carbons (Fsp3) is 0.467. The Balaban J connectivity index is 1.60. The molecular weight excluding hydrogens is 252 g/mol. The number of pyridine rings is 1. The Hall–Kier alpha value is -1.88. The number of anilines is 2.